The lowest BCUT2D eigenvalue weighted by Crippen LogP contribution is -2.33. The van der Waals surface area contributed by atoms with E-state index in [9.17, 15) is 0 Å². The third-order valence-electron chi connectivity index (χ3n) is 4.32. The zero-order valence-corrected chi connectivity index (χ0v) is 10.9. The molecule has 1 aliphatic heterocycles. The molecule has 4 nitrogen and oxygen atoms in total. The van der Waals surface area contributed by atoms with Gasteiger partial charge in [-0.15, -0.1) is 0 Å². The highest BCUT2D eigenvalue weighted by Crippen LogP contribution is 2.57. The largest absolute Gasteiger partial charge is 0.338 e. The average Bonchev–Trinajstić information content (AvgIpc) is 2.76. The van der Waals surface area contributed by atoms with E-state index in [4.69, 9.17) is 4.52 Å². The molecule has 0 radical (unpaired) electrons. The zero-order chi connectivity index (χ0) is 12.0. The van der Waals surface area contributed by atoms with Gasteiger partial charge in [0.2, 0.25) is 5.89 Å². The quantitative estimate of drug-likeness (QED) is 0.856. The van der Waals surface area contributed by atoms with Crippen LogP contribution in [0, 0.1) is 11.3 Å². The van der Waals surface area contributed by atoms with Crippen molar-refractivity contribution in [3.63, 3.8) is 0 Å². The van der Waals surface area contributed by atoms with Crippen LogP contribution in [0.3, 0.4) is 0 Å². The molecule has 94 valence electrons. The monoisotopic (exact) mass is 235 g/mol. The number of nitrogens with zero attached hydrogens (tertiary/aromatic N) is 2. The molecule has 17 heavy (non-hydrogen) atoms. The second kappa shape index (κ2) is 3.80. The normalized spacial score (nSPS) is 35.8. The van der Waals surface area contributed by atoms with Crippen molar-refractivity contribution in [2.75, 3.05) is 6.54 Å². The van der Waals surface area contributed by atoms with E-state index in [-0.39, 0.29) is 6.04 Å². The Labute approximate surface area is 102 Å². The predicted octanol–water partition coefficient (Wildman–Crippen LogP) is 2.64. The fraction of sp³-hybridized carbons (Fsp3) is 0.846. The second-order valence-corrected chi connectivity index (χ2v) is 6.29. The van der Waals surface area contributed by atoms with E-state index in [1.165, 1.54) is 19.3 Å². The molecular formula is C13H21N3O. The third kappa shape index (κ3) is 1.99. The minimum absolute atomic E-state index is 0.256. The van der Waals surface area contributed by atoms with Crippen LogP contribution in [0.25, 0.3) is 0 Å². The number of hydrogen-bond donors (Lipinski definition) is 1. The van der Waals surface area contributed by atoms with Crippen molar-refractivity contribution in [2.45, 2.75) is 52.0 Å². The standard InChI is InChI=1S/C13H21N3O/c1-8-5-4-6-14-10(8)12-15-11(16-17-12)9-7-13(9,2)3/h8-10,14H,4-7H2,1-3H3. The molecule has 2 heterocycles. The van der Waals surface area contributed by atoms with Crippen molar-refractivity contribution in [1.29, 1.82) is 0 Å². The van der Waals surface area contributed by atoms with E-state index >= 15 is 0 Å². The summed E-state index contributed by atoms with van der Waals surface area (Å²) in [5.41, 5.74) is 0.368. The maximum atomic E-state index is 5.45. The Balaban J connectivity index is 1.76. The second-order valence-electron chi connectivity index (χ2n) is 6.29. The van der Waals surface area contributed by atoms with Crippen LogP contribution >= 0.6 is 0 Å². The van der Waals surface area contributed by atoms with Gasteiger partial charge in [0.15, 0.2) is 5.82 Å². The van der Waals surface area contributed by atoms with E-state index in [1.807, 2.05) is 0 Å². The highest BCUT2D eigenvalue weighted by atomic mass is 16.5. The Kier molecular flexibility index (Phi) is 2.51. The lowest BCUT2D eigenvalue weighted by molar-refractivity contribution is 0.238. The molecule has 0 amide bonds. The van der Waals surface area contributed by atoms with Gasteiger partial charge in [0, 0.05) is 5.92 Å². The Morgan fingerprint density at radius 2 is 2.18 bits per heavy atom. The first kappa shape index (κ1) is 11.2. The average molecular weight is 235 g/mol. The molecule has 1 N–H and O–H groups in total. The van der Waals surface area contributed by atoms with Gasteiger partial charge in [0.05, 0.1) is 6.04 Å². The zero-order valence-electron chi connectivity index (χ0n) is 10.9. The lowest BCUT2D eigenvalue weighted by Gasteiger charge is -2.26. The molecule has 3 atom stereocenters. The molecule has 0 spiro atoms. The summed E-state index contributed by atoms with van der Waals surface area (Å²) < 4.78 is 5.45. The van der Waals surface area contributed by atoms with Crippen LogP contribution in [0.1, 0.15) is 63.7 Å². The summed E-state index contributed by atoms with van der Waals surface area (Å²) in [5, 5.41) is 7.64. The van der Waals surface area contributed by atoms with Gasteiger partial charge in [-0.25, -0.2) is 0 Å². The molecular weight excluding hydrogens is 214 g/mol. The summed E-state index contributed by atoms with van der Waals surface area (Å²) in [4.78, 5) is 4.60. The molecule has 1 saturated carbocycles. The molecule has 3 unspecified atom stereocenters. The van der Waals surface area contributed by atoms with Gasteiger partial charge in [-0.3, -0.25) is 0 Å². The maximum Gasteiger partial charge on any atom is 0.244 e. The van der Waals surface area contributed by atoms with Crippen LogP contribution in [0.2, 0.25) is 0 Å². The van der Waals surface area contributed by atoms with Crippen LogP contribution in [0.4, 0.5) is 0 Å². The van der Waals surface area contributed by atoms with Gasteiger partial charge in [0.25, 0.3) is 0 Å². The SMILES string of the molecule is CC1CCCNC1c1nc(C2CC2(C)C)no1. The number of aromatic nitrogens is 2. The Morgan fingerprint density at radius 3 is 2.82 bits per heavy atom. The molecule has 2 aliphatic rings. The van der Waals surface area contributed by atoms with Crippen LogP contribution in [-0.4, -0.2) is 16.7 Å². The fourth-order valence-electron chi connectivity index (χ4n) is 2.80. The van der Waals surface area contributed by atoms with Crippen molar-refractivity contribution in [3.8, 4) is 0 Å². The summed E-state index contributed by atoms with van der Waals surface area (Å²) in [7, 11) is 0. The Bertz CT molecular complexity index is 413. The van der Waals surface area contributed by atoms with Gasteiger partial charge in [-0.1, -0.05) is 25.9 Å². The topological polar surface area (TPSA) is 51.0 Å². The Hall–Kier alpha value is -0.900. The first-order valence-corrected chi connectivity index (χ1v) is 6.65. The lowest BCUT2D eigenvalue weighted by atomic mass is 9.93. The summed E-state index contributed by atoms with van der Waals surface area (Å²) in [6.45, 7) is 7.83. The summed E-state index contributed by atoms with van der Waals surface area (Å²) in [6.07, 6.45) is 3.66. The summed E-state index contributed by atoms with van der Waals surface area (Å²) >= 11 is 0. The summed E-state index contributed by atoms with van der Waals surface area (Å²) in [6, 6.07) is 0.256. The molecule has 1 saturated heterocycles. The molecule has 3 rings (SSSR count). The fourth-order valence-corrected chi connectivity index (χ4v) is 2.80. The van der Waals surface area contributed by atoms with Gasteiger partial charge in [0.1, 0.15) is 0 Å². The third-order valence-corrected chi connectivity index (χ3v) is 4.32. The number of rotatable bonds is 2. The van der Waals surface area contributed by atoms with Gasteiger partial charge in [-0.05, 0) is 37.1 Å². The first-order chi connectivity index (χ1) is 8.08. The van der Waals surface area contributed by atoms with Crippen molar-refractivity contribution < 1.29 is 4.52 Å². The van der Waals surface area contributed by atoms with Gasteiger partial charge in [-0.2, -0.15) is 4.98 Å². The van der Waals surface area contributed by atoms with Crippen LogP contribution in [0.15, 0.2) is 4.52 Å². The molecule has 1 aromatic rings. The van der Waals surface area contributed by atoms with Crippen LogP contribution in [0.5, 0.6) is 0 Å². The van der Waals surface area contributed by atoms with Crippen molar-refractivity contribution in [2.24, 2.45) is 11.3 Å². The molecule has 1 aromatic heterocycles. The summed E-state index contributed by atoms with van der Waals surface area (Å²) in [5.74, 6) is 2.78. The highest BCUT2D eigenvalue weighted by Gasteiger charge is 2.49. The van der Waals surface area contributed by atoms with Gasteiger partial charge >= 0.3 is 0 Å². The van der Waals surface area contributed by atoms with Gasteiger partial charge < -0.3 is 9.84 Å². The van der Waals surface area contributed by atoms with Crippen molar-refractivity contribution >= 4 is 0 Å². The van der Waals surface area contributed by atoms with Crippen LogP contribution in [-0.2, 0) is 0 Å². The molecule has 1 aliphatic carbocycles. The van der Waals surface area contributed by atoms with E-state index in [1.54, 1.807) is 0 Å². The predicted molar refractivity (Wildman–Crippen MR) is 64.6 cm³/mol. The van der Waals surface area contributed by atoms with E-state index in [0.29, 0.717) is 17.3 Å². The molecule has 4 heteroatoms. The maximum absolute atomic E-state index is 5.45. The number of hydrogen-bond acceptors (Lipinski definition) is 4. The first-order valence-electron chi connectivity index (χ1n) is 6.65. The minimum atomic E-state index is 0.256. The molecule has 0 aromatic carbocycles. The Morgan fingerprint density at radius 1 is 1.41 bits per heavy atom. The van der Waals surface area contributed by atoms with E-state index < -0.39 is 0 Å². The number of piperidine rings is 1. The highest BCUT2D eigenvalue weighted by molar-refractivity contribution is 5.15. The van der Waals surface area contributed by atoms with Crippen molar-refractivity contribution in [1.82, 2.24) is 15.5 Å². The van der Waals surface area contributed by atoms with E-state index in [0.717, 1.165) is 18.3 Å². The molecule has 0 bridgehead atoms. The van der Waals surface area contributed by atoms with E-state index in [2.05, 4.69) is 36.2 Å². The molecule has 2 fully saturated rings. The minimum Gasteiger partial charge on any atom is -0.338 e. The van der Waals surface area contributed by atoms with Crippen LogP contribution < -0.4 is 5.32 Å². The smallest absolute Gasteiger partial charge is 0.244 e. The number of nitrogens with one attached hydrogen (secondary N) is 1. The van der Waals surface area contributed by atoms with Crippen molar-refractivity contribution in [3.05, 3.63) is 11.7 Å².